The van der Waals surface area contributed by atoms with Crippen LogP contribution in [0.25, 0.3) is 0 Å². The highest BCUT2D eigenvalue weighted by Crippen LogP contribution is 2.26. The van der Waals surface area contributed by atoms with Crippen molar-refractivity contribution in [3.63, 3.8) is 0 Å². The lowest BCUT2D eigenvalue weighted by Crippen LogP contribution is -2.45. The Bertz CT molecular complexity index is 117. The van der Waals surface area contributed by atoms with Crippen LogP contribution in [0.2, 0.25) is 0 Å². The lowest BCUT2D eigenvalue weighted by molar-refractivity contribution is -0.125. The summed E-state index contributed by atoms with van der Waals surface area (Å²) in [5, 5.41) is 0. The summed E-state index contributed by atoms with van der Waals surface area (Å²) >= 11 is 0. The van der Waals surface area contributed by atoms with E-state index in [9.17, 15) is 0 Å². The van der Waals surface area contributed by atoms with Gasteiger partial charge in [-0.2, -0.15) is 0 Å². The van der Waals surface area contributed by atoms with Gasteiger partial charge in [0.15, 0.2) is 0 Å². The molecule has 0 amide bonds. The first-order chi connectivity index (χ1) is 5.51. The van der Waals surface area contributed by atoms with Gasteiger partial charge in [-0.25, -0.2) is 0 Å². The highest BCUT2D eigenvalue weighted by atomic mass is 16.5. The van der Waals surface area contributed by atoms with E-state index in [2.05, 4.69) is 27.7 Å². The molecule has 0 aliphatic heterocycles. The summed E-state index contributed by atoms with van der Waals surface area (Å²) in [5.41, 5.74) is -0.150. The Balaban J connectivity index is 4.43. The predicted octanol–water partition coefficient (Wildman–Crippen LogP) is 2.47. The van der Waals surface area contributed by atoms with Crippen LogP contribution < -0.4 is 0 Å². The first kappa shape index (κ1) is 11.9. The molecular weight excluding hydrogens is 152 g/mol. The Morgan fingerprint density at radius 2 is 1.75 bits per heavy atom. The fourth-order valence-electron chi connectivity index (χ4n) is 1.69. The first-order valence-electron chi connectivity index (χ1n) is 4.59. The number of ether oxygens (including phenoxy) is 2. The van der Waals surface area contributed by atoms with Gasteiger partial charge in [-0.3, -0.25) is 0 Å². The van der Waals surface area contributed by atoms with Crippen LogP contribution in [0.4, 0.5) is 0 Å². The number of hydrogen-bond donors (Lipinski definition) is 0. The van der Waals surface area contributed by atoms with E-state index in [0.29, 0.717) is 5.92 Å². The number of rotatable bonds is 5. The van der Waals surface area contributed by atoms with Crippen molar-refractivity contribution in [2.24, 2.45) is 5.92 Å². The van der Waals surface area contributed by atoms with Gasteiger partial charge in [-0.15, -0.1) is 0 Å². The zero-order valence-electron chi connectivity index (χ0n) is 9.18. The van der Waals surface area contributed by atoms with E-state index in [1.54, 1.807) is 14.2 Å². The largest absolute Gasteiger partial charge is 0.378 e. The third-order valence-corrected chi connectivity index (χ3v) is 2.63. The molecule has 2 unspecified atom stereocenters. The van der Waals surface area contributed by atoms with Crippen LogP contribution in [0.1, 0.15) is 34.1 Å². The average molecular weight is 174 g/mol. The Morgan fingerprint density at radius 3 is 1.83 bits per heavy atom. The van der Waals surface area contributed by atoms with Gasteiger partial charge in [0.2, 0.25) is 0 Å². The quantitative estimate of drug-likeness (QED) is 0.637. The lowest BCUT2D eigenvalue weighted by Gasteiger charge is -2.37. The minimum Gasteiger partial charge on any atom is -0.378 e. The molecule has 0 N–H and O–H groups in total. The molecule has 2 atom stereocenters. The lowest BCUT2D eigenvalue weighted by atomic mass is 9.88. The summed E-state index contributed by atoms with van der Waals surface area (Å²) < 4.78 is 10.9. The molecule has 0 saturated heterocycles. The summed E-state index contributed by atoms with van der Waals surface area (Å²) in [7, 11) is 3.50. The average Bonchev–Trinajstić information content (AvgIpc) is 2.04. The van der Waals surface area contributed by atoms with Gasteiger partial charge in [-0.05, 0) is 19.3 Å². The molecule has 2 nitrogen and oxygen atoms in total. The van der Waals surface area contributed by atoms with Crippen LogP contribution in [0.3, 0.4) is 0 Å². The van der Waals surface area contributed by atoms with Gasteiger partial charge in [0.05, 0.1) is 11.7 Å². The van der Waals surface area contributed by atoms with Crippen LogP contribution in [0.15, 0.2) is 0 Å². The van der Waals surface area contributed by atoms with Crippen molar-refractivity contribution in [1.29, 1.82) is 0 Å². The van der Waals surface area contributed by atoms with Gasteiger partial charge >= 0.3 is 0 Å². The summed E-state index contributed by atoms with van der Waals surface area (Å²) in [6.07, 6.45) is 1.15. The minimum atomic E-state index is -0.150. The van der Waals surface area contributed by atoms with Crippen LogP contribution in [0, 0.1) is 5.92 Å². The van der Waals surface area contributed by atoms with Gasteiger partial charge in [0, 0.05) is 14.2 Å². The van der Waals surface area contributed by atoms with E-state index in [-0.39, 0.29) is 11.7 Å². The molecule has 0 aliphatic rings. The van der Waals surface area contributed by atoms with Crippen LogP contribution in [-0.2, 0) is 9.47 Å². The highest BCUT2D eigenvalue weighted by molar-refractivity contribution is 4.85. The monoisotopic (exact) mass is 174 g/mol. The van der Waals surface area contributed by atoms with Crippen molar-refractivity contribution >= 4 is 0 Å². The first-order valence-corrected chi connectivity index (χ1v) is 4.59. The van der Waals surface area contributed by atoms with Crippen molar-refractivity contribution in [3.8, 4) is 0 Å². The van der Waals surface area contributed by atoms with E-state index in [0.717, 1.165) is 6.42 Å². The Morgan fingerprint density at radius 1 is 1.25 bits per heavy atom. The maximum atomic E-state index is 5.48. The molecule has 0 spiro atoms. The van der Waals surface area contributed by atoms with E-state index in [1.807, 2.05) is 0 Å². The van der Waals surface area contributed by atoms with E-state index in [4.69, 9.17) is 9.47 Å². The third kappa shape index (κ3) is 2.46. The normalized spacial score (nSPS) is 19.2. The van der Waals surface area contributed by atoms with E-state index < -0.39 is 0 Å². The summed E-state index contributed by atoms with van der Waals surface area (Å²) in [4.78, 5) is 0. The number of hydrogen-bond acceptors (Lipinski definition) is 2. The summed E-state index contributed by atoms with van der Waals surface area (Å²) in [6.45, 7) is 8.53. The summed E-state index contributed by atoms with van der Waals surface area (Å²) in [5.74, 6) is 0.486. The third-order valence-electron chi connectivity index (χ3n) is 2.63. The molecule has 0 aromatic rings. The van der Waals surface area contributed by atoms with Gasteiger partial charge in [0.1, 0.15) is 0 Å². The van der Waals surface area contributed by atoms with Gasteiger partial charge < -0.3 is 9.47 Å². The maximum absolute atomic E-state index is 5.48. The second-order valence-corrected chi connectivity index (χ2v) is 3.77. The van der Waals surface area contributed by atoms with Crippen molar-refractivity contribution in [2.45, 2.75) is 45.8 Å². The predicted molar refractivity (Wildman–Crippen MR) is 51.3 cm³/mol. The zero-order chi connectivity index (χ0) is 9.78. The molecule has 0 aromatic heterocycles. The molecule has 74 valence electrons. The molecular formula is C10H22O2. The molecule has 2 heteroatoms. The Labute approximate surface area is 76.3 Å². The molecule has 0 bridgehead atoms. The molecule has 12 heavy (non-hydrogen) atoms. The van der Waals surface area contributed by atoms with Gasteiger partial charge in [-0.1, -0.05) is 20.8 Å². The molecule has 0 aliphatic carbocycles. The molecule has 0 fully saturated rings. The fraction of sp³-hybridized carbons (Fsp3) is 1.00. The SMILES string of the molecule is CCC(C)(OC)C(OC)C(C)C. The smallest absolute Gasteiger partial charge is 0.0910 e. The van der Waals surface area contributed by atoms with Crippen LogP contribution in [-0.4, -0.2) is 25.9 Å². The van der Waals surface area contributed by atoms with Crippen molar-refractivity contribution in [3.05, 3.63) is 0 Å². The van der Waals surface area contributed by atoms with Crippen LogP contribution in [0.5, 0.6) is 0 Å². The van der Waals surface area contributed by atoms with Gasteiger partial charge in [0.25, 0.3) is 0 Å². The van der Waals surface area contributed by atoms with Crippen molar-refractivity contribution in [2.75, 3.05) is 14.2 Å². The highest BCUT2D eigenvalue weighted by Gasteiger charge is 2.34. The maximum Gasteiger partial charge on any atom is 0.0910 e. The van der Waals surface area contributed by atoms with Crippen molar-refractivity contribution in [1.82, 2.24) is 0 Å². The van der Waals surface area contributed by atoms with E-state index >= 15 is 0 Å². The Hall–Kier alpha value is -0.0800. The molecule has 0 saturated carbocycles. The zero-order valence-corrected chi connectivity index (χ0v) is 9.18. The molecule has 0 radical (unpaired) electrons. The van der Waals surface area contributed by atoms with E-state index in [1.165, 1.54) is 0 Å². The fourth-order valence-corrected chi connectivity index (χ4v) is 1.69. The molecule has 0 aromatic carbocycles. The van der Waals surface area contributed by atoms with Crippen LogP contribution >= 0.6 is 0 Å². The second kappa shape index (κ2) is 4.83. The Kier molecular flexibility index (Phi) is 4.80. The molecule has 0 heterocycles. The second-order valence-electron chi connectivity index (χ2n) is 3.77. The minimum absolute atomic E-state index is 0.150. The molecule has 0 rings (SSSR count). The van der Waals surface area contributed by atoms with Crippen molar-refractivity contribution < 1.29 is 9.47 Å². The number of methoxy groups -OCH3 is 2. The summed E-state index contributed by atoms with van der Waals surface area (Å²) in [6, 6.07) is 0. The standard InChI is InChI=1S/C10H22O2/c1-7-10(4,12-6)9(11-5)8(2)3/h8-9H,7H2,1-6H3. The topological polar surface area (TPSA) is 18.5 Å².